The van der Waals surface area contributed by atoms with Gasteiger partial charge in [0.25, 0.3) is 0 Å². The van der Waals surface area contributed by atoms with Crippen molar-refractivity contribution in [3.8, 4) is 0 Å². The summed E-state index contributed by atoms with van der Waals surface area (Å²) in [7, 11) is -3.65. The van der Waals surface area contributed by atoms with E-state index in [-0.39, 0.29) is 17.3 Å². The maximum Gasteiger partial charge on any atom is 0.246 e. The molecule has 18 heavy (non-hydrogen) atoms. The number of hydrogen-bond acceptors (Lipinski definition) is 4. The minimum atomic E-state index is -3.65. The first-order valence-corrected chi connectivity index (χ1v) is 7.30. The van der Waals surface area contributed by atoms with Gasteiger partial charge in [0.1, 0.15) is 10.7 Å². The lowest BCUT2D eigenvalue weighted by molar-refractivity contribution is 0.581. The molecule has 2 rings (SSSR count). The van der Waals surface area contributed by atoms with Crippen molar-refractivity contribution in [2.75, 3.05) is 5.73 Å². The van der Waals surface area contributed by atoms with E-state index in [9.17, 15) is 8.42 Å². The first-order valence-electron chi connectivity index (χ1n) is 5.02. The van der Waals surface area contributed by atoms with Crippen molar-refractivity contribution in [3.63, 3.8) is 0 Å². The van der Waals surface area contributed by atoms with E-state index in [0.29, 0.717) is 0 Å². The summed E-state index contributed by atoms with van der Waals surface area (Å²) < 4.78 is 27.2. The molecule has 0 saturated carbocycles. The molecule has 4 N–H and O–H groups in total. The molecular formula is C10H11BrN4O2S. The van der Waals surface area contributed by atoms with Gasteiger partial charge in [0.05, 0.1) is 6.20 Å². The van der Waals surface area contributed by atoms with Gasteiger partial charge in [-0.2, -0.15) is 5.10 Å². The molecule has 0 radical (unpaired) electrons. The number of halogens is 1. The van der Waals surface area contributed by atoms with Crippen LogP contribution in [0.1, 0.15) is 5.56 Å². The molecule has 6 nitrogen and oxygen atoms in total. The summed E-state index contributed by atoms with van der Waals surface area (Å²) in [5.41, 5.74) is 6.32. The van der Waals surface area contributed by atoms with Crippen LogP contribution in [0.2, 0.25) is 0 Å². The Balaban J connectivity index is 2.16. The summed E-state index contributed by atoms with van der Waals surface area (Å²) in [5.74, 6) is 0.0228. The SMILES string of the molecule is Nc1[nH]ncc1S(=O)(=O)NCc1ccccc1Br. The lowest BCUT2D eigenvalue weighted by Gasteiger charge is -2.07. The first-order chi connectivity index (χ1) is 8.50. The van der Waals surface area contributed by atoms with Crippen LogP contribution in [0.5, 0.6) is 0 Å². The maximum absolute atomic E-state index is 11.9. The van der Waals surface area contributed by atoms with Crippen LogP contribution in [-0.2, 0) is 16.6 Å². The van der Waals surface area contributed by atoms with Crippen molar-refractivity contribution in [2.24, 2.45) is 0 Å². The number of anilines is 1. The number of aromatic nitrogens is 2. The second-order valence-electron chi connectivity index (χ2n) is 3.56. The normalized spacial score (nSPS) is 11.6. The molecule has 96 valence electrons. The largest absolute Gasteiger partial charge is 0.383 e. The monoisotopic (exact) mass is 330 g/mol. The first kappa shape index (κ1) is 13.1. The molecular weight excluding hydrogens is 320 g/mol. The molecule has 8 heteroatoms. The van der Waals surface area contributed by atoms with Crippen molar-refractivity contribution in [2.45, 2.75) is 11.4 Å². The lowest BCUT2D eigenvalue weighted by atomic mass is 10.2. The van der Waals surface area contributed by atoms with Gasteiger partial charge in [-0.15, -0.1) is 0 Å². The summed E-state index contributed by atoms with van der Waals surface area (Å²) >= 11 is 3.35. The Hall–Kier alpha value is -1.38. The van der Waals surface area contributed by atoms with E-state index >= 15 is 0 Å². The minimum Gasteiger partial charge on any atom is -0.383 e. The number of nitrogens with one attached hydrogen (secondary N) is 2. The van der Waals surface area contributed by atoms with Crippen LogP contribution < -0.4 is 10.5 Å². The fraction of sp³-hybridized carbons (Fsp3) is 0.100. The van der Waals surface area contributed by atoms with E-state index in [2.05, 4.69) is 30.8 Å². The van der Waals surface area contributed by atoms with E-state index in [0.717, 1.165) is 10.0 Å². The molecule has 0 saturated heterocycles. The third-order valence-electron chi connectivity index (χ3n) is 2.33. The predicted octanol–water partition coefficient (Wildman–Crippen LogP) is 1.23. The average Bonchev–Trinajstić information content (AvgIpc) is 2.75. The minimum absolute atomic E-state index is 0.0228. The van der Waals surface area contributed by atoms with Crippen molar-refractivity contribution in [1.29, 1.82) is 0 Å². The van der Waals surface area contributed by atoms with Crippen LogP contribution in [0.3, 0.4) is 0 Å². The highest BCUT2D eigenvalue weighted by atomic mass is 79.9. The fourth-order valence-electron chi connectivity index (χ4n) is 1.39. The summed E-state index contributed by atoms with van der Waals surface area (Å²) in [5, 5.41) is 5.97. The fourth-order valence-corrected chi connectivity index (χ4v) is 2.84. The van der Waals surface area contributed by atoms with Gasteiger partial charge in [-0.1, -0.05) is 34.1 Å². The number of aromatic amines is 1. The zero-order chi connectivity index (χ0) is 13.2. The molecule has 1 aromatic heterocycles. The van der Waals surface area contributed by atoms with Crippen LogP contribution >= 0.6 is 15.9 Å². The topological polar surface area (TPSA) is 101 Å². The van der Waals surface area contributed by atoms with Crippen LogP contribution in [0, 0.1) is 0 Å². The highest BCUT2D eigenvalue weighted by Gasteiger charge is 2.19. The van der Waals surface area contributed by atoms with Gasteiger partial charge in [0, 0.05) is 11.0 Å². The van der Waals surface area contributed by atoms with Gasteiger partial charge in [-0.3, -0.25) is 5.10 Å². The summed E-state index contributed by atoms with van der Waals surface area (Å²) in [6.45, 7) is 0.175. The maximum atomic E-state index is 11.9. The van der Waals surface area contributed by atoms with Gasteiger partial charge < -0.3 is 5.73 Å². The molecule has 0 aliphatic heterocycles. The van der Waals surface area contributed by atoms with Crippen molar-refractivity contribution < 1.29 is 8.42 Å². The third-order valence-corrected chi connectivity index (χ3v) is 4.53. The molecule has 0 unspecified atom stereocenters. The van der Waals surface area contributed by atoms with Crippen LogP contribution in [0.25, 0.3) is 0 Å². The van der Waals surface area contributed by atoms with Crippen molar-refractivity contribution in [1.82, 2.24) is 14.9 Å². The van der Waals surface area contributed by atoms with Gasteiger partial charge in [0.2, 0.25) is 10.0 Å². The number of sulfonamides is 1. The Morgan fingerprint density at radius 3 is 2.72 bits per heavy atom. The number of nitrogens with two attached hydrogens (primary N) is 1. The molecule has 1 heterocycles. The zero-order valence-electron chi connectivity index (χ0n) is 9.22. The second-order valence-corrected chi connectivity index (χ2v) is 6.15. The van der Waals surface area contributed by atoms with Crippen LogP contribution in [0.4, 0.5) is 5.82 Å². The Kier molecular flexibility index (Phi) is 3.69. The highest BCUT2D eigenvalue weighted by molar-refractivity contribution is 9.10. The Morgan fingerprint density at radius 1 is 1.39 bits per heavy atom. The van der Waals surface area contributed by atoms with Gasteiger partial charge in [-0.05, 0) is 11.6 Å². The van der Waals surface area contributed by atoms with E-state index in [1.54, 1.807) is 0 Å². The number of rotatable bonds is 4. The molecule has 0 bridgehead atoms. The van der Waals surface area contributed by atoms with Crippen LogP contribution in [0.15, 0.2) is 39.8 Å². The van der Waals surface area contributed by atoms with Crippen molar-refractivity contribution >= 4 is 31.8 Å². The standard InChI is InChI=1S/C10H11BrN4O2S/c11-8-4-2-1-3-7(8)5-14-18(16,17)9-6-13-15-10(9)12/h1-4,6,14H,5H2,(H3,12,13,15). The number of benzene rings is 1. The quantitative estimate of drug-likeness (QED) is 0.784. The summed E-state index contributed by atoms with van der Waals surface area (Å²) in [6, 6.07) is 7.36. The van der Waals surface area contributed by atoms with E-state index < -0.39 is 10.0 Å². The smallest absolute Gasteiger partial charge is 0.246 e. The molecule has 0 aliphatic rings. The van der Waals surface area contributed by atoms with E-state index in [1.807, 2.05) is 24.3 Å². The van der Waals surface area contributed by atoms with Crippen molar-refractivity contribution in [3.05, 3.63) is 40.5 Å². The van der Waals surface area contributed by atoms with E-state index in [4.69, 9.17) is 5.73 Å². The Labute approximate surface area is 113 Å². The molecule has 0 fully saturated rings. The lowest BCUT2D eigenvalue weighted by Crippen LogP contribution is -2.23. The molecule has 0 amide bonds. The number of H-pyrrole nitrogens is 1. The van der Waals surface area contributed by atoms with Gasteiger partial charge in [0.15, 0.2) is 0 Å². The summed E-state index contributed by atoms with van der Waals surface area (Å²) in [6.07, 6.45) is 1.18. The summed E-state index contributed by atoms with van der Waals surface area (Å²) in [4.78, 5) is -0.0467. The Bertz CT molecular complexity index is 653. The molecule has 2 aromatic rings. The molecule has 0 aliphatic carbocycles. The molecule has 0 atom stereocenters. The van der Waals surface area contributed by atoms with Gasteiger partial charge in [-0.25, -0.2) is 13.1 Å². The third kappa shape index (κ3) is 2.71. The van der Waals surface area contributed by atoms with Crippen LogP contribution in [-0.4, -0.2) is 18.6 Å². The molecule has 0 spiro atoms. The predicted molar refractivity (Wildman–Crippen MR) is 71.2 cm³/mol. The number of nitrogens with zero attached hydrogens (tertiary/aromatic N) is 1. The Morgan fingerprint density at radius 2 is 2.11 bits per heavy atom. The number of hydrogen-bond donors (Lipinski definition) is 3. The average molecular weight is 331 g/mol. The van der Waals surface area contributed by atoms with Gasteiger partial charge >= 0.3 is 0 Å². The number of nitrogen functional groups attached to an aromatic ring is 1. The van der Waals surface area contributed by atoms with E-state index in [1.165, 1.54) is 6.20 Å². The second kappa shape index (κ2) is 5.09. The zero-order valence-corrected chi connectivity index (χ0v) is 11.6. The highest BCUT2D eigenvalue weighted by Crippen LogP contribution is 2.18. The molecule has 1 aromatic carbocycles.